The quantitative estimate of drug-likeness (QED) is 0.882. The van der Waals surface area contributed by atoms with Crippen molar-refractivity contribution in [3.8, 4) is 0 Å². The van der Waals surface area contributed by atoms with Crippen LogP contribution in [0.5, 0.6) is 0 Å². The van der Waals surface area contributed by atoms with Gasteiger partial charge in [-0.15, -0.1) is 0 Å². The first-order valence-corrected chi connectivity index (χ1v) is 5.94. The van der Waals surface area contributed by atoms with Crippen LogP contribution in [0.15, 0.2) is 28.8 Å². The van der Waals surface area contributed by atoms with Gasteiger partial charge in [0.25, 0.3) is 0 Å². The Morgan fingerprint density at radius 1 is 1.42 bits per heavy atom. The molecule has 0 saturated carbocycles. The molecule has 1 aromatic heterocycles. The van der Waals surface area contributed by atoms with E-state index < -0.39 is 0 Å². The zero-order valence-corrected chi connectivity index (χ0v) is 10.5. The number of aromatic nitrogens is 2. The summed E-state index contributed by atoms with van der Waals surface area (Å²) in [5.41, 5.74) is 0.867. The SMILES string of the molecule is CNC(=O)Cc1noc(CCc2cccc(F)c2)n1. The van der Waals surface area contributed by atoms with E-state index in [-0.39, 0.29) is 18.1 Å². The van der Waals surface area contributed by atoms with Crippen LogP contribution in [0.25, 0.3) is 0 Å². The van der Waals surface area contributed by atoms with E-state index in [1.54, 1.807) is 13.1 Å². The normalized spacial score (nSPS) is 10.4. The van der Waals surface area contributed by atoms with Gasteiger partial charge < -0.3 is 9.84 Å². The van der Waals surface area contributed by atoms with Crippen LogP contribution >= 0.6 is 0 Å². The highest BCUT2D eigenvalue weighted by atomic mass is 19.1. The monoisotopic (exact) mass is 263 g/mol. The zero-order chi connectivity index (χ0) is 13.7. The lowest BCUT2D eigenvalue weighted by molar-refractivity contribution is -0.120. The Morgan fingerprint density at radius 3 is 3.00 bits per heavy atom. The number of rotatable bonds is 5. The smallest absolute Gasteiger partial charge is 0.227 e. The van der Waals surface area contributed by atoms with Crippen molar-refractivity contribution in [2.75, 3.05) is 7.05 Å². The molecule has 0 aliphatic carbocycles. The van der Waals surface area contributed by atoms with Crippen LogP contribution in [0.2, 0.25) is 0 Å². The van der Waals surface area contributed by atoms with Crippen molar-refractivity contribution in [1.29, 1.82) is 0 Å². The van der Waals surface area contributed by atoms with Crippen LogP contribution in [-0.2, 0) is 24.1 Å². The Hall–Kier alpha value is -2.24. The van der Waals surface area contributed by atoms with Crippen molar-refractivity contribution in [2.45, 2.75) is 19.3 Å². The molecule has 0 radical (unpaired) electrons. The van der Waals surface area contributed by atoms with Crippen LogP contribution in [0.1, 0.15) is 17.3 Å². The number of aryl methyl sites for hydroxylation is 2. The minimum absolute atomic E-state index is 0.0972. The van der Waals surface area contributed by atoms with E-state index in [1.165, 1.54) is 12.1 Å². The molecule has 2 aromatic rings. The van der Waals surface area contributed by atoms with Gasteiger partial charge in [0.2, 0.25) is 11.8 Å². The maximum absolute atomic E-state index is 13.0. The average molecular weight is 263 g/mol. The summed E-state index contributed by atoms with van der Waals surface area (Å²) in [5, 5.41) is 6.20. The van der Waals surface area contributed by atoms with E-state index in [4.69, 9.17) is 4.52 Å². The molecule has 0 saturated heterocycles. The van der Waals surface area contributed by atoms with Crippen molar-refractivity contribution in [1.82, 2.24) is 15.5 Å². The van der Waals surface area contributed by atoms with Crippen molar-refractivity contribution < 1.29 is 13.7 Å². The average Bonchev–Trinajstić information content (AvgIpc) is 2.84. The standard InChI is InChI=1S/C13H14FN3O2/c1-15-12(18)8-11-16-13(19-17-11)6-5-9-3-2-4-10(14)7-9/h2-4,7H,5-6,8H2,1H3,(H,15,18). The third-order valence-corrected chi connectivity index (χ3v) is 2.62. The Balaban J connectivity index is 1.91. The first-order valence-electron chi connectivity index (χ1n) is 5.94. The molecule has 0 bridgehead atoms. The number of halogens is 1. The fourth-order valence-electron chi connectivity index (χ4n) is 1.64. The van der Waals surface area contributed by atoms with Gasteiger partial charge in [0.05, 0.1) is 6.42 Å². The summed E-state index contributed by atoms with van der Waals surface area (Å²) < 4.78 is 18.0. The highest BCUT2D eigenvalue weighted by molar-refractivity contribution is 5.77. The fourth-order valence-corrected chi connectivity index (χ4v) is 1.64. The molecule has 0 aliphatic heterocycles. The summed E-state index contributed by atoms with van der Waals surface area (Å²) >= 11 is 0. The van der Waals surface area contributed by atoms with Crippen molar-refractivity contribution in [2.24, 2.45) is 0 Å². The third kappa shape index (κ3) is 3.87. The van der Waals surface area contributed by atoms with E-state index in [9.17, 15) is 9.18 Å². The summed E-state index contributed by atoms with van der Waals surface area (Å²) in [6, 6.07) is 6.37. The number of likely N-dealkylation sites (N-methyl/N-ethyl adjacent to an activating group) is 1. The van der Waals surface area contributed by atoms with Crippen molar-refractivity contribution >= 4 is 5.91 Å². The van der Waals surface area contributed by atoms with E-state index >= 15 is 0 Å². The number of amides is 1. The van der Waals surface area contributed by atoms with Gasteiger partial charge in [-0.3, -0.25) is 4.79 Å². The number of carbonyl (C=O) groups is 1. The van der Waals surface area contributed by atoms with Gasteiger partial charge in [-0.05, 0) is 24.1 Å². The third-order valence-electron chi connectivity index (χ3n) is 2.62. The Labute approximate surface area is 109 Å². The maximum atomic E-state index is 13.0. The predicted octanol–water partition coefficient (Wildman–Crippen LogP) is 1.28. The van der Waals surface area contributed by atoms with Gasteiger partial charge in [-0.1, -0.05) is 17.3 Å². The van der Waals surface area contributed by atoms with Crippen LogP contribution in [0.4, 0.5) is 4.39 Å². The Kier molecular flexibility index (Phi) is 4.22. The number of benzene rings is 1. The summed E-state index contributed by atoms with van der Waals surface area (Å²) in [5.74, 6) is 0.373. The molecule has 1 aromatic carbocycles. The predicted molar refractivity (Wildman–Crippen MR) is 65.9 cm³/mol. The molecule has 5 nitrogen and oxygen atoms in total. The molecule has 0 aliphatic rings. The molecular weight excluding hydrogens is 249 g/mol. The summed E-state index contributed by atoms with van der Waals surface area (Å²) in [7, 11) is 1.55. The molecule has 100 valence electrons. The first-order chi connectivity index (χ1) is 9.17. The highest BCUT2D eigenvalue weighted by Crippen LogP contribution is 2.08. The summed E-state index contributed by atoms with van der Waals surface area (Å²) in [6.07, 6.45) is 1.23. The largest absolute Gasteiger partial charge is 0.359 e. The second-order valence-electron chi connectivity index (χ2n) is 4.08. The molecule has 6 heteroatoms. The number of nitrogens with one attached hydrogen (secondary N) is 1. The van der Waals surface area contributed by atoms with E-state index in [2.05, 4.69) is 15.5 Å². The molecule has 19 heavy (non-hydrogen) atoms. The molecule has 1 amide bonds. The van der Waals surface area contributed by atoms with E-state index in [0.717, 1.165) is 5.56 Å². The number of carbonyl (C=O) groups excluding carboxylic acids is 1. The number of hydrogen-bond donors (Lipinski definition) is 1. The van der Waals surface area contributed by atoms with Crippen LogP contribution < -0.4 is 5.32 Å². The highest BCUT2D eigenvalue weighted by Gasteiger charge is 2.10. The van der Waals surface area contributed by atoms with E-state index in [0.29, 0.717) is 24.6 Å². The minimum Gasteiger partial charge on any atom is -0.359 e. The molecule has 0 unspecified atom stereocenters. The lowest BCUT2D eigenvalue weighted by Crippen LogP contribution is -2.20. The molecule has 1 N–H and O–H groups in total. The first kappa shape index (κ1) is 13.2. The van der Waals surface area contributed by atoms with Crippen LogP contribution in [-0.4, -0.2) is 23.1 Å². The summed E-state index contributed by atoms with van der Waals surface area (Å²) in [6.45, 7) is 0. The van der Waals surface area contributed by atoms with Crippen molar-refractivity contribution in [3.05, 3.63) is 47.4 Å². The second kappa shape index (κ2) is 6.08. The molecular formula is C13H14FN3O2. The lowest BCUT2D eigenvalue weighted by atomic mass is 10.1. The van der Waals surface area contributed by atoms with Gasteiger partial charge in [-0.25, -0.2) is 4.39 Å². The fraction of sp³-hybridized carbons (Fsp3) is 0.308. The summed E-state index contributed by atoms with van der Waals surface area (Å²) in [4.78, 5) is 15.2. The maximum Gasteiger partial charge on any atom is 0.227 e. The van der Waals surface area contributed by atoms with Crippen molar-refractivity contribution in [3.63, 3.8) is 0 Å². The molecule has 1 heterocycles. The number of nitrogens with zero attached hydrogens (tertiary/aromatic N) is 2. The van der Waals surface area contributed by atoms with Gasteiger partial charge in [-0.2, -0.15) is 4.98 Å². The zero-order valence-electron chi connectivity index (χ0n) is 10.5. The second-order valence-corrected chi connectivity index (χ2v) is 4.08. The van der Waals surface area contributed by atoms with E-state index in [1.807, 2.05) is 6.07 Å². The van der Waals surface area contributed by atoms with Gasteiger partial charge in [0.1, 0.15) is 5.82 Å². The van der Waals surface area contributed by atoms with Gasteiger partial charge in [0.15, 0.2) is 5.82 Å². The van der Waals surface area contributed by atoms with Crippen LogP contribution in [0, 0.1) is 5.82 Å². The van der Waals surface area contributed by atoms with Gasteiger partial charge in [0, 0.05) is 13.5 Å². The van der Waals surface area contributed by atoms with Crippen LogP contribution in [0.3, 0.4) is 0 Å². The lowest BCUT2D eigenvalue weighted by Gasteiger charge is -1.97. The minimum atomic E-state index is -0.261. The Bertz CT molecular complexity index is 569. The molecule has 0 atom stereocenters. The number of hydrogen-bond acceptors (Lipinski definition) is 4. The Morgan fingerprint density at radius 2 is 2.26 bits per heavy atom. The molecule has 0 spiro atoms. The topological polar surface area (TPSA) is 68.0 Å². The molecule has 0 fully saturated rings. The van der Waals surface area contributed by atoms with Gasteiger partial charge >= 0.3 is 0 Å². The molecule has 2 rings (SSSR count).